The Morgan fingerprint density at radius 1 is 1.29 bits per heavy atom. The summed E-state index contributed by atoms with van der Waals surface area (Å²) in [4.78, 5) is 16.1. The number of aliphatic hydroxyl groups is 1. The molecule has 0 unspecified atom stereocenters. The van der Waals surface area contributed by atoms with E-state index in [4.69, 9.17) is 9.84 Å². The minimum Gasteiger partial charge on any atom is -0.661 e. The Bertz CT molecular complexity index is 989. The van der Waals surface area contributed by atoms with Crippen molar-refractivity contribution in [3.05, 3.63) is 27.9 Å². The number of carbonyl (C=O) groups excluding carboxylic acids is 1. The van der Waals surface area contributed by atoms with E-state index >= 15 is 0 Å². The minimum atomic E-state index is -4.61. The van der Waals surface area contributed by atoms with Crippen LogP contribution >= 0.6 is 11.3 Å². The van der Waals surface area contributed by atoms with Crippen molar-refractivity contribution in [2.24, 2.45) is 5.41 Å². The van der Waals surface area contributed by atoms with E-state index in [-0.39, 0.29) is 65.9 Å². The third-order valence-electron chi connectivity index (χ3n) is 5.14. The zero-order valence-corrected chi connectivity index (χ0v) is 21.4. The largest absolute Gasteiger partial charge is 0.661 e. The monoisotopic (exact) mass is 589 g/mol. The molecule has 2 aromatic rings. The number of amides is 1. The Morgan fingerprint density at radius 3 is 2.38 bits per heavy atom. The van der Waals surface area contributed by atoms with Crippen LogP contribution in [0.3, 0.4) is 0 Å². The van der Waals surface area contributed by atoms with E-state index in [2.05, 4.69) is 20.4 Å². The molecule has 0 atom stereocenters. The number of pyridine rings is 1. The number of aromatic nitrogens is 1. The predicted octanol–water partition coefficient (Wildman–Crippen LogP) is 4.10. The van der Waals surface area contributed by atoms with Crippen LogP contribution in [0, 0.1) is 5.41 Å². The molecule has 2 fully saturated rings. The fourth-order valence-electron chi connectivity index (χ4n) is 3.56. The Kier molecular flexibility index (Phi) is 9.73. The number of nitrogens with one attached hydrogen (secondary N) is 1. The summed E-state index contributed by atoms with van der Waals surface area (Å²) in [6.45, 7) is 0.306. The second-order valence-electron chi connectivity index (χ2n) is 7.62. The van der Waals surface area contributed by atoms with Crippen LogP contribution in [0.2, 0.25) is 0 Å². The first-order chi connectivity index (χ1) is 15.4. The van der Waals surface area contributed by atoms with E-state index in [1.54, 1.807) is 0 Å². The predicted molar refractivity (Wildman–Crippen MR) is 106 cm³/mol. The van der Waals surface area contributed by atoms with Crippen molar-refractivity contribution in [3.63, 3.8) is 0 Å². The molecule has 4 rings (SSSR count). The molecule has 2 N–H and O–H groups in total. The van der Waals surface area contributed by atoms with Crippen LogP contribution in [0.1, 0.15) is 28.8 Å². The molecule has 1 saturated heterocycles. The molecule has 1 aliphatic carbocycles. The van der Waals surface area contributed by atoms with Crippen molar-refractivity contribution >= 4 is 27.5 Å². The average Bonchev–Trinajstić information content (AvgIpc) is 3.09. The number of nitrogens with zero attached hydrogens (tertiary/aromatic N) is 2. The maximum absolute atomic E-state index is 13.4. The van der Waals surface area contributed by atoms with Gasteiger partial charge < -0.3 is 20.5 Å². The van der Waals surface area contributed by atoms with Crippen molar-refractivity contribution in [1.82, 2.24) is 10.3 Å². The number of aliphatic hydroxyl groups excluding tert-OH is 1. The van der Waals surface area contributed by atoms with E-state index in [9.17, 15) is 31.1 Å². The van der Waals surface area contributed by atoms with Gasteiger partial charge in [-0.15, -0.1) is 37.6 Å². The molecule has 1 amide bonds. The molecule has 34 heavy (non-hydrogen) atoms. The molecular formula is C19H20F6N3O4SY-. The van der Waals surface area contributed by atoms with Crippen molar-refractivity contribution in [2.75, 3.05) is 33.4 Å². The summed E-state index contributed by atoms with van der Waals surface area (Å²) in [7, 11) is 1.42. The van der Waals surface area contributed by atoms with Crippen molar-refractivity contribution < 1.29 is 78.4 Å². The number of rotatable bonds is 5. The number of carbonyl (C=O) groups is 1. The van der Waals surface area contributed by atoms with Gasteiger partial charge in [-0.25, -0.2) is 4.98 Å². The summed E-state index contributed by atoms with van der Waals surface area (Å²) in [5.74, 6) is -0.554. The van der Waals surface area contributed by atoms with E-state index in [0.29, 0.717) is 0 Å². The van der Waals surface area contributed by atoms with Gasteiger partial charge in [-0.05, 0) is 12.8 Å². The quantitative estimate of drug-likeness (QED) is 0.513. The number of ether oxygens (including phenoxy) is 2. The van der Waals surface area contributed by atoms with Gasteiger partial charge in [-0.1, -0.05) is 5.41 Å². The fourth-order valence-corrected chi connectivity index (χ4v) is 4.58. The van der Waals surface area contributed by atoms with Crippen LogP contribution in [-0.4, -0.2) is 61.8 Å². The number of hydrogen-bond acceptors (Lipinski definition) is 6. The summed E-state index contributed by atoms with van der Waals surface area (Å²) in [6.07, 6.45) is -7.74. The summed E-state index contributed by atoms with van der Waals surface area (Å²) in [5.41, 5.74) is -0.472. The van der Waals surface area contributed by atoms with Crippen LogP contribution in [0.25, 0.3) is 15.5 Å². The topological polar surface area (TPSA) is 94.8 Å². The van der Waals surface area contributed by atoms with Gasteiger partial charge in [0.05, 0.1) is 34.6 Å². The number of fused-ring (bicyclic) bond motifs is 1. The van der Waals surface area contributed by atoms with Gasteiger partial charge >= 0.3 is 12.5 Å². The first kappa shape index (κ1) is 29.2. The normalized spacial score (nSPS) is 17.2. The Hall–Kier alpha value is -1.06. The van der Waals surface area contributed by atoms with Gasteiger partial charge in [0.25, 0.3) is 5.91 Å². The molecule has 1 spiro atoms. The molecule has 2 aromatic heterocycles. The maximum Gasteiger partial charge on any atom is 0.522 e. The second kappa shape index (κ2) is 11.3. The molecular weight excluding hydrogens is 569 g/mol. The number of hydrogen-bond donors (Lipinski definition) is 2. The van der Waals surface area contributed by atoms with E-state index in [1.165, 1.54) is 12.4 Å². The molecule has 187 valence electrons. The third-order valence-corrected chi connectivity index (χ3v) is 6.14. The van der Waals surface area contributed by atoms with Crippen LogP contribution < -0.4 is 10.1 Å². The smallest absolute Gasteiger partial charge is 0.522 e. The Morgan fingerprint density at radius 2 is 1.94 bits per heavy atom. The first-order valence-electron chi connectivity index (χ1n) is 9.70. The molecule has 3 heterocycles. The molecule has 0 bridgehead atoms. The number of halogens is 6. The molecule has 1 saturated carbocycles. The standard InChI is InChI=1S/C16H15F3N3O2S.C3H5F3O2.Y/c1-20-14(23)9-5-25-13-10(16(17,18)19)2-11(22-12(9)13)24-8-3-15(4-8)6-21-7-15;4-3(5,6)8-2-1-7;/h2,5,8H,3-4,6-7H2,1H3,(H,20,23);7H,1-2H2;/q-1;;. The van der Waals surface area contributed by atoms with Crippen LogP contribution in [0.15, 0.2) is 11.4 Å². The van der Waals surface area contributed by atoms with Crippen LogP contribution in [0.4, 0.5) is 26.3 Å². The molecule has 1 aliphatic heterocycles. The SMILES string of the molecule is CNC(=O)c1csc2c(C(F)(F)F)cc(OC3CC4(C[N-]C4)C3)nc12.OCCOC(F)(F)F.[Y]. The molecule has 1 radical (unpaired) electrons. The van der Waals surface area contributed by atoms with Crippen molar-refractivity contribution in [1.29, 1.82) is 0 Å². The van der Waals surface area contributed by atoms with Gasteiger partial charge in [0.1, 0.15) is 6.10 Å². The van der Waals surface area contributed by atoms with Crippen molar-refractivity contribution in [2.45, 2.75) is 31.5 Å². The second-order valence-corrected chi connectivity index (χ2v) is 8.50. The number of thiophene rings is 1. The molecule has 2 aliphatic rings. The van der Waals surface area contributed by atoms with Gasteiger partial charge in [-0.2, -0.15) is 13.2 Å². The molecule has 7 nitrogen and oxygen atoms in total. The van der Waals surface area contributed by atoms with E-state index in [0.717, 1.165) is 43.3 Å². The zero-order chi connectivity index (χ0) is 24.4. The van der Waals surface area contributed by atoms with Crippen molar-refractivity contribution in [3.8, 4) is 5.88 Å². The van der Waals surface area contributed by atoms with Gasteiger partial charge in [0.2, 0.25) is 5.88 Å². The van der Waals surface area contributed by atoms with Crippen LogP contribution in [-0.2, 0) is 43.6 Å². The fraction of sp³-hybridized carbons (Fsp3) is 0.579. The average molecular weight is 589 g/mol. The van der Waals surface area contributed by atoms with Gasteiger partial charge in [0.15, 0.2) is 0 Å². The van der Waals surface area contributed by atoms with Crippen LogP contribution in [0.5, 0.6) is 5.88 Å². The summed E-state index contributed by atoms with van der Waals surface area (Å²) in [5, 5.41) is 15.8. The minimum absolute atomic E-state index is 0. The van der Waals surface area contributed by atoms with Gasteiger partial charge in [-0.3, -0.25) is 9.53 Å². The zero-order valence-electron chi connectivity index (χ0n) is 17.8. The summed E-state index contributed by atoms with van der Waals surface area (Å²) >= 11 is 0.860. The van der Waals surface area contributed by atoms with Gasteiger partial charge in [0, 0.05) is 51.2 Å². The summed E-state index contributed by atoms with van der Waals surface area (Å²) < 4.78 is 81.7. The Balaban J connectivity index is 0.000000394. The third kappa shape index (κ3) is 7.00. The van der Waals surface area contributed by atoms with E-state index < -0.39 is 37.2 Å². The summed E-state index contributed by atoms with van der Waals surface area (Å²) in [6, 6.07) is 0.933. The van der Waals surface area contributed by atoms with E-state index in [1.807, 2.05) is 0 Å². The molecule has 0 aromatic carbocycles. The molecule has 15 heteroatoms. The first-order valence-corrected chi connectivity index (χ1v) is 10.6. The maximum atomic E-state index is 13.4. The number of alkyl halides is 6. The Labute approximate surface area is 219 Å².